The van der Waals surface area contributed by atoms with E-state index in [2.05, 4.69) is 24.3 Å². The van der Waals surface area contributed by atoms with Crippen LogP contribution in [0.3, 0.4) is 0 Å². The fourth-order valence-electron chi connectivity index (χ4n) is 2.07. The zero-order chi connectivity index (χ0) is 15.2. The molecule has 1 N–H and O–H groups in total. The van der Waals surface area contributed by atoms with Crippen molar-refractivity contribution in [3.05, 3.63) is 0 Å². The van der Waals surface area contributed by atoms with Crippen molar-refractivity contribution in [2.75, 3.05) is 46.8 Å². The first-order chi connectivity index (χ1) is 9.29. The molecule has 1 rings (SSSR count). The molecule has 118 valence electrons. The van der Waals surface area contributed by atoms with E-state index in [4.69, 9.17) is 4.84 Å². The lowest BCUT2D eigenvalue weighted by molar-refractivity contribution is -0.205. The summed E-state index contributed by atoms with van der Waals surface area (Å²) in [4.78, 5) is 19.4. The van der Waals surface area contributed by atoms with Crippen LogP contribution in [-0.4, -0.2) is 62.8 Å². The predicted molar refractivity (Wildman–Crippen MR) is 81.3 cm³/mol. The van der Waals surface area contributed by atoms with E-state index in [-0.39, 0.29) is 5.97 Å². The quantitative estimate of drug-likeness (QED) is 0.747. The molecule has 0 bridgehead atoms. The fraction of sp³-hybridized carbons (Fsp3) is 0.933. The third-order valence-corrected chi connectivity index (χ3v) is 3.57. The van der Waals surface area contributed by atoms with Crippen LogP contribution in [0.25, 0.3) is 0 Å². The second kappa shape index (κ2) is 7.96. The van der Waals surface area contributed by atoms with Gasteiger partial charge in [-0.1, -0.05) is 0 Å². The molecule has 20 heavy (non-hydrogen) atoms. The van der Waals surface area contributed by atoms with Gasteiger partial charge in [0.1, 0.15) is 0 Å². The van der Waals surface area contributed by atoms with Crippen molar-refractivity contribution in [1.29, 1.82) is 0 Å². The molecule has 0 atom stereocenters. The lowest BCUT2D eigenvalue weighted by Gasteiger charge is -2.32. The topological polar surface area (TPSA) is 44.8 Å². The van der Waals surface area contributed by atoms with E-state index in [0.29, 0.717) is 5.92 Å². The Morgan fingerprint density at radius 1 is 1.30 bits per heavy atom. The van der Waals surface area contributed by atoms with Gasteiger partial charge >= 0.3 is 5.97 Å². The maximum atomic E-state index is 11.8. The van der Waals surface area contributed by atoms with Crippen molar-refractivity contribution < 1.29 is 9.63 Å². The van der Waals surface area contributed by atoms with Crippen molar-refractivity contribution in [2.24, 2.45) is 11.3 Å². The number of hydrogen-bond acceptors (Lipinski definition) is 5. The van der Waals surface area contributed by atoms with Gasteiger partial charge in [0.25, 0.3) is 0 Å². The minimum Gasteiger partial charge on any atom is -0.367 e. The summed E-state index contributed by atoms with van der Waals surface area (Å²) in [7, 11) is 4.17. The Hall–Kier alpha value is -0.650. The number of piperidine rings is 1. The molecule has 5 heteroatoms. The molecule has 0 unspecified atom stereocenters. The van der Waals surface area contributed by atoms with Crippen LogP contribution in [-0.2, 0) is 9.63 Å². The lowest BCUT2D eigenvalue weighted by atomic mass is 9.97. The van der Waals surface area contributed by atoms with Gasteiger partial charge in [0.05, 0.1) is 5.41 Å². The fourth-order valence-corrected chi connectivity index (χ4v) is 2.07. The molecule has 1 aliphatic heterocycles. The van der Waals surface area contributed by atoms with Gasteiger partial charge in [0.15, 0.2) is 0 Å². The number of nitrogens with zero attached hydrogens (tertiary/aromatic N) is 2. The number of hydrogen-bond donors (Lipinski definition) is 1. The number of rotatable bonds is 6. The van der Waals surface area contributed by atoms with E-state index in [9.17, 15) is 4.79 Å². The summed E-state index contributed by atoms with van der Waals surface area (Å²) in [6, 6.07) is 0. The van der Waals surface area contributed by atoms with Crippen LogP contribution in [0.15, 0.2) is 0 Å². The molecule has 1 heterocycles. The molecular weight excluding hydrogens is 254 g/mol. The summed E-state index contributed by atoms with van der Waals surface area (Å²) in [6.07, 6.45) is 2.18. The third-order valence-electron chi connectivity index (χ3n) is 3.57. The van der Waals surface area contributed by atoms with Gasteiger partial charge < -0.3 is 15.1 Å². The summed E-state index contributed by atoms with van der Waals surface area (Å²) in [5.41, 5.74) is -0.426. The van der Waals surface area contributed by atoms with Gasteiger partial charge in [0.2, 0.25) is 0 Å². The molecule has 5 nitrogen and oxygen atoms in total. The highest BCUT2D eigenvalue weighted by Crippen LogP contribution is 2.20. The van der Waals surface area contributed by atoms with E-state index in [0.717, 1.165) is 45.6 Å². The lowest BCUT2D eigenvalue weighted by Crippen LogP contribution is -2.41. The molecule has 1 aliphatic rings. The summed E-state index contributed by atoms with van der Waals surface area (Å²) in [5, 5.41) is 5.32. The molecule has 1 saturated heterocycles. The third kappa shape index (κ3) is 6.68. The molecule has 0 aliphatic carbocycles. The Labute approximate surface area is 123 Å². The number of likely N-dealkylation sites (N-methyl/N-ethyl adjacent to an activating group) is 1. The monoisotopic (exact) mass is 285 g/mol. The molecule has 0 saturated carbocycles. The van der Waals surface area contributed by atoms with E-state index in [1.807, 2.05) is 25.8 Å². The van der Waals surface area contributed by atoms with Crippen LogP contribution in [0, 0.1) is 11.3 Å². The average Bonchev–Trinajstić information content (AvgIpc) is 2.35. The maximum Gasteiger partial charge on any atom is 0.330 e. The van der Waals surface area contributed by atoms with Gasteiger partial charge in [0, 0.05) is 26.2 Å². The summed E-state index contributed by atoms with van der Waals surface area (Å²) in [5.74, 6) is 0.557. The zero-order valence-electron chi connectivity index (χ0n) is 13.7. The van der Waals surface area contributed by atoms with E-state index in [1.54, 1.807) is 0 Å². The summed E-state index contributed by atoms with van der Waals surface area (Å²) in [6.45, 7) is 10.5. The molecule has 1 fully saturated rings. The summed E-state index contributed by atoms with van der Waals surface area (Å²) < 4.78 is 0. The van der Waals surface area contributed by atoms with Crippen LogP contribution in [0.5, 0.6) is 0 Å². The van der Waals surface area contributed by atoms with Gasteiger partial charge in [-0.05, 0) is 60.2 Å². The van der Waals surface area contributed by atoms with E-state index in [1.165, 1.54) is 0 Å². The largest absolute Gasteiger partial charge is 0.367 e. The van der Waals surface area contributed by atoms with Crippen LogP contribution in [0.4, 0.5) is 0 Å². The molecule has 0 aromatic rings. The van der Waals surface area contributed by atoms with E-state index >= 15 is 0 Å². The number of carbonyl (C=O) groups is 1. The molecule has 0 spiro atoms. The first kappa shape index (κ1) is 17.4. The highest BCUT2D eigenvalue weighted by molar-refractivity contribution is 5.75. The molecular formula is C15H31N3O2. The average molecular weight is 285 g/mol. The van der Waals surface area contributed by atoms with Crippen molar-refractivity contribution >= 4 is 5.97 Å². The van der Waals surface area contributed by atoms with E-state index < -0.39 is 5.41 Å². The van der Waals surface area contributed by atoms with Gasteiger partial charge in [-0.25, -0.2) is 4.79 Å². The second-order valence-electron chi connectivity index (χ2n) is 7.01. The Balaban J connectivity index is 2.15. The minimum absolute atomic E-state index is 0.139. The number of carbonyl (C=O) groups excluding carboxylic acids is 1. The number of hydroxylamine groups is 2. The summed E-state index contributed by atoms with van der Waals surface area (Å²) >= 11 is 0. The molecule has 0 radical (unpaired) electrons. The smallest absolute Gasteiger partial charge is 0.330 e. The molecule has 0 aromatic carbocycles. The predicted octanol–water partition coefficient (Wildman–Crippen LogP) is 1.35. The Kier molecular flexibility index (Phi) is 6.92. The highest BCUT2D eigenvalue weighted by atomic mass is 16.7. The molecule has 0 aromatic heterocycles. The van der Waals surface area contributed by atoms with Crippen LogP contribution in [0.2, 0.25) is 0 Å². The normalized spacial score (nSPS) is 18.5. The Morgan fingerprint density at radius 3 is 2.40 bits per heavy atom. The Morgan fingerprint density at radius 2 is 1.90 bits per heavy atom. The van der Waals surface area contributed by atoms with Gasteiger partial charge in [-0.15, -0.1) is 5.06 Å². The van der Waals surface area contributed by atoms with Crippen LogP contribution >= 0.6 is 0 Å². The first-order valence-electron chi connectivity index (χ1n) is 7.62. The molecule has 0 amide bonds. The minimum atomic E-state index is -0.426. The number of nitrogens with one attached hydrogen (secondary N) is 1. The SMILES string of the molecule is CN(C)CCNCC1CCN(OC(=O)C(C)(C)C)CC1. The van der Waals surface area contributed by atoms with Gasteiger partial charge in [-0.3, -0.25) is 0 Å². The maximum absolute atomic E-state index is 11.8. The second-order valence-corrected chi connectivity index (χ2v) is 7.01. The van der Waals surface area contributed by atoms with Crippen molar-refractivity contribution in [3.63, 3.8) is 0 Å². The Bertz CT molecular complexity index is 292. The highest BCUT2D eigenvalue weighted by Gasteiger charge is 2.28. The van der Waals surface area contributed by atoms with Crippen LogP contribution in [0.1, 0.15) is 33.6 Å². The van der Waals surface area contributed by atoms with Crippen molar-refractivity contribution in [3.8, 4) is 0 Å². The van der Waals surface area contributed by atoms with Crippen LogP contribution < -0.4 is 5.32 Å². The van der Waals surface area contributed by atoms with Gasteiger partial charge in [-0.2, -0.15) is 0 Å². The van der Waals surface area contributed by atoms with Crippen molar-refractivity contribution in [2.45, 2.75) is 33.6 Å². The zero-order valence-corrected chi connectivity index (χ0v) is 13.7. The van der Waals surface area contributed by atoms with Crippen molar-refractivity contribution in [1.82, 2.24) is 15.3 Å². The standard InChI is InChI=1S/C15H31N3O2/c1-15(2,3)14(19)20-18-9-6-13(7-10-18)12-16-8-11-17(4)5/h13,16H,6-12H2,1-5H3. The first-order valence-corrected chi connectivity index (χ1v) is 7.62.